The SMILES string of the molecule is Cc1cnc(NCC(C)CCC(=O)O)nc1. The van der Waals surface area contributed by atoms with Gasteiger partial charge in [0, 0.05) is 25.4 Å². The van der Waals surface area contributed by atoms with Gasteiger partial charge in [0.25, 0.3) is 0 Å². The highest BCUT2D eigenvalue weighted by Crippen LogP contribution is 2.06. The highest BCUT2D eigenvalue weighted by Gasteiger charge is 2.05. The van der Waals surface area contributed by atoms with Crippen LogP contribution in [0.15, 0.2) is 12.4 Å². The van der Waals surface area contributed by atoms with E-state index in [2.05, 4.69) is 15.3 Å². The molecular formula is C11H17N3O2. The average Bonchev–Trinajstić information content (AvgIpc) is 2.25. The summed E-state index contributed by atoms with van der Waals surface area (Å²) in [5.74, 6) is 0.132. The summed E-state index contributed by atoms with van der Waals surface area (Å²) < 4.78 is 0. The molecule has 88 valence electrons. The molecule has 2 N–H and O–H groups in total. The zero-order chi connectivity index (χ0) is 12.0. The van der Waals surface area contributed by atoms with Crippen molar-refractivity contribution >= 4 is 11.9 Å². The molecule has 0 saturated carbocycles. The maximum absolute atomic E-state index is 10.4. The lowest BCUT2D eigenvalue weighted by molar-refractivity contribution is -0.137. The van der Waals surface area contributed by atoms with Crippen LogP contribution in [0.4, 0.5) is 5.95 Å². The highest BCUT2D eigenvalue weighted by molar-refractivity contribution is 5.66. The molecule has 0 aliphatic carbocycles. The number of aliphatic carboxylic acids is 1. The van der Waals surface area contributed by atoms with Gasteiger partial charge in [-0.05, 0) is 24.8 Å². The summed E-state index contributed by atoms with van der Waals surface area (Å²) in [5.41, 5.74) is 1.02. The van der Waals surface area contributed by atoms with Crippen molar-refractivity contribution in [1.29, 1.82) is 0 Å². The van der Waals surface area contributed by atoms with E-state index in [1.807, 2.05) is 13.8 Å². The summed E-state index contributed by atoms with van der Waals surface area (Å²) in [5, 5.41) is 11.6. The Morgan fingerprint density at radius 2 is 2.12 bits per heavy atom. The molecule has 0 aliphatic heterocycles. The van der Waals surface area contributed by atoms with Crippen molar-refractivity contribution in [1.82, 2.24) is 9.97 Å². The van der Waals surface area contributed by atoms with Gasteiger partial charge in [-0.25, -0.2) is 9.97 Å². The Labute approximate surface area is 94.9 Å². The summed E-state index contributed by atoms with van der Waals surface area (Å²) in [4.78, 5) is 18.6. The van der Waals surface area contributed by atoms with E-state index in [9.17, 15) is 4.79 Å². The minimum atomic E-state index is -0.751. The van der Waals surface area contributed by atoms with Crippen molar-refractivity contribution in [3.05, 3.63) is 18.0 Å². The Balaban J connectivity index is 2.28. The molecule has 0 amide bonds. The lowest BCUT2D eigenvalue weighted by Gasteiger charge is -2.10. The molecule has 0 saturated heterocycles. The average molecular weight is 223 g/mol. The second-order valence-electron chi connectivity index (χ2n) is 4.00. The van der Waals surface area contributed by atoms with E-state index < -0.39 is 5.97 Å². The quantitative estimate of drug-likeness (QED) is 0.767. The number of hydrogen-bond donors (Lipinski definition) is 2. The molecular weight excluding hydrogens is 206 g/mol. The van der Waals surface area contributed by atoms with E-state index in [1.165, 1.54) is 0 Å². The van der Waals surface area contributed by atoms with Gasteiger partial charge in [-0.3, -0.25) is 4.79 Å². The predicted octanol–water partition coefficient (Wildman–Crippen LogP) is 1.70. The lowest BCUT2D eigenvalue weighted by atomic mass is 10.1. The van der Waals surface area contributed by atoms with Gasteiger partial charge in [0.1, 0.15) is 0 Å². The van der Waals surface area contributed by atoms with Crippen LogP contribution in [0.1, 0.15) is 25.3 Å². The molecule has 5 nitrogen and oxygen atoms in total. The zero-order valence-corrected chi connectivity index (χ0v) is 9.60. The fourth-order valence-electron chi connectivity index (χ4n) is 1.22. The minimum absolute atomic E-state index is 0.206. The van der Waals surface area contributed by atoms with E-state index >= 15 is 0 Å². The lowest BCUT2D eigenvalue weighted by Crippen LogP contribution is -2.14. The molecule has 0 aliphatic rings. The first kappa shape index (κ1) is 12.4. The van der Waals surface area contributed by atoms with E-state index in [-0.39, 0.29) is 6.42 Å². The first-order chi connectivity index (χ1) is 7.58. The van der Waals surface area contributed by atoms with Gasteiger partial charge in [0.15, 0.2) is 0 Å². The molecule has 0 bridgehead atoms. The van der Waals surface area contributed by atoms with Crippen molar-refractivity contribution < 1.29 is 9.90 Å². The largest absolute Gasteiger partial charge is 0.481 e. The van der Waals surface area contributed by atoms with Crippen LogP contribution in [0.5, 0.6) is 0 Å². The molecule has 1 rings (SSSR count). The molecule has 5 heteroatoms. The number of aryl methyl sites for hydroxylation is 1. The van der Waals surface area contributed by atoms with Crippen LogP contribution < -0.4 is 5.32 Å². The number of anilines is 1. The van der Waals surface area contributed by atoms with Gasteiger partial charge in [0.05, 0.1) is 0 Å². The van der Waals surface area contributed by atoms with Gasteiger partial charge >= 0.3 is 5.97 Å². The summed E-state index contributed by atoms with van der Waals surface area (Å²) in [6, 6.07) is 0. The predicted molar refractivity (Wildman–Crippen MR) is 61.3 cm³/mol. The Hall–Kier alpha value is -1.65. The molecule has 1 atom stereocenters. The Bertz CT molecular complexity index is 338. The zero-order valence-electron chi connectivity index (χ0n) is 9.60. The van der Waals surface area contributed by atoms with Gasteiger partial charge in [-0.2, -0.15) is 0 Å². The van der Waals surface area contributed by atoms with Crippen LogP contribution in [0.2, 0.25) is 0 Å². The van der Waals surface area contributed by atoms with Gasteiger partial charge < -0.3 is 10.4 Å². The van der Waals surface area contributed by atoms with E-state index in [0.717, 1.165) is 5.56 Å². The Morgan fingerprint density at radius 1 is 1.50 bits per heavy atom. The Morgan fingerprint density at radius 3 is 2.69 bits per heavy atom. The Kier molecular flexibility index (Phi) is 4.69. The van der Waals surface area contributed by atoms with E-state index in [1.54, 1.807) is 12.4 Å². The van der Waals surface area contributed by atoms with Crippen LogP contribution in [0.25, 0.3) is 0 Å². The number of nitrogens with zero attached hydrogens (tertiary/aromatic N) is 2. The highest BCUT2D eigenvalue weighted by atomic mass is 16.4. The topological polar surface area (TPSA) is 75.1 Å². The monoisotopic (exact) mass is 223 g/mol. The second-order valence-corrected chi connectivity index (χ2v) is 4.00. The fourth-order valence-corrected chi connectivity index (χ4v) is 1.22. The van der Waals surface area contributed by atoms with Crippen molar-refractivity contribution in [2.24, 2.45) is 5.92 Å². The number of carboxylic acids is 1. The summed E-state index contributed by atoms with van der Waals surface area (Å²) in [6.45, 7) is 4.62. The molecule has 1 unspecified atom stereocenters. The third kappa shape index (κ3) is 4.72. The van der Waals surface area contributed by atoms with Crippen LogP contribution >= 0.6 is 0 Å². The molecule has 0 radical (unpaired) electrons. The summed E-state index contributed by atoms with van der Waals surface area (Å²) in [6.07, 6.45) is 4.36. The van der Waals surface area contributed by atoms with Gasteiger partial charge in [-0.1, -0.05) is 6.92 Å². The molecule has 0 spiro atoms. The third-order valence-corrected chi connectivity index (χ3v) is 2.24. The minimum Gasteiger partial charge on any atom is -0.481 e. The maximum Gasteiger partial charge on any atom is 0.303 e. The summed E-state index contributed by atoms with van der Waals surface area (Å²) >= 11 is 0. The molecule has 16 heavy (non-hydrogen) atoms. The number of carbonyl (C=O) groups is 1. The van der Waals surface area contributed by atoms with Crippen LogP contribution in [-0.4, -0.2) is 27.6 Å². The normalized spacial score (nSPS) is 12.1. The third-order valence-electron chi connectivity index (χ3n) is 2.24. The molecule has 1 aromatic heterocycles. The van der Waals surface area contributed by atoms with Crippen molar-refractivity contribution in [2.75, 3.05) is 11.9 Å². The summed E-state index contributed by atoms with van der Waals surface area (Å²) in [7, 11) is 0. The number of hydrogen-bond acceptors (Lipinski definition) is 4. The molecule has 1 heterocycles. The van der Waals surface area contributed by atoms with Crippen LogP contribution in [0, 0.1) is 12.8 Å². The standard InChI is InChI=1S/C11H17N3O2/c1-8(3-4-10(15)16)5-12-11-13-6-9(2)7-14-11/h6-8H,3-5H2,1-2H3,(H,15,16)(H,12,13,14). The van der Waals surface area contributed by atoms with E-state index in [0.29, 0.717) is 24.8 Å². The molecule has 1 aromatic rings. The molecule has 0 fully saturated rings. The first-order valence-corrected chi connectivity index (χ1v) is 5.32. The van der Waals surface area contributed by atoms with Crippen LogP contribution in [-0.2, 0) is 4.79 Å². The van der Waals surface area contributed by atoms with Gasteiger partial charge in [0.2, 0.25) is 5.95 Å². The number of rotatable bonds is 6. The van der Waals surface area contributed by atoms with Crippen molar-refractivity contribution in [2.45, 2.75) is 26.7 Å². The number of nitrogens with one attached hydrogen (secondary N) is 1. The second kappa shape index (κ2) is 6.05. The molecule has 0 aromatic carbocycles. The smallest absolute Gasteiger partial charge is 0.303 e. The van der Waals surface area contributed by atoms with E-state index in [4.69, 9.17) is 5.11 Å². The van der Waals surface area contributed by atoms with Crippen LogP contribution in [0.3, 0.4) is 0 Å². The fraction of sp³-hybridized carbons (Fsp3) is 0.545. The maximum atomic E-state index is 10.4. The first-order valence-electron chi connectivity index (χ1n) is 5.32. The number of carboxylic acid groups (broad SMARTS) is 1. The number of aromatic nitrogens is 2. The van der Waals surface area contributed by atoms with Gasteiger partial charge in [-0.15, -0.1) is 0 Å². The van der Waals surface area contributed by atoms with Crippen molar-refractivity contribution in [3.8, 4) is 0 Å². The van der Waals surface area contributed by atoms with Crippen molar-refractivity contribution in [3.63, 3.8) is 0 Å².